The summed E-state index contributed by atoms with van der Waals surface area (Å²) in [6.45, 7) is 2.10. The zero-order valence-corrected chi connectivity index (χ0v) is 15.8. The van der Waals surface area contributed by atoms with E-state index < -0.39 is 24.2 Å². The van der Waals surface area contributed by atoms with Crippen LogP contribution < -0.4 is 5.32 Å². The lowest BCUT2D eigenvalue weighted by atomic mass is 9.98. The second-order valence-corrected chi connectivity index (χ2v) is 7.00. The molecule has 2 aromatic carbocycles. The lowest BCUT2D eigenvalue weighted by molar-refractivity contribution is -0.148. The number of hydrogen-bond acceptors (Lipinski definition) is 4. The second kappa shape index (κ2) is 8.89. The summed E-state index contributed by atoms with van der Waals surface area (Å²) in [6, 6.07) is 15.2. The number of amides is 1. The predicted molar refractivity (Wildman–Crippen MR) is 105 cm³/mol. The van der Waals surface area contributed by atoms with Crippen LogP contribution in [0.25, 0.3) is 11.1 Å². The molecule has 6 heteroatoms. The molecule has 2 atom stereocenters. The average Bonchev–Trinajstić information content (AvgIpc) is 3.03. The van der Waals surface area contributed by atoms with Crippen LogP contribution in [0, 0.1) is 0 Å². The number of aliphatic hydroxyl groups excluding tert-OH is 1. The Morgan fingerprint density at radius 3 is 2.18 bits per heavy atom. The maximum absolute atomic E-state index is 12.3. The van der Waals surface area contributed by atoms with E-state index >= 15 is 0 Å². The molecule has 3 rings (SSSR count). The number of aliphatic hydroxyl groups is 1. The summed E-state index contributed by atoms with van der Waals surface area (Å²) in [4.78, 5) is 23.4. The predicted octanol–water partition coefficient (Wildman–Crippen LogP) is 3.53. The molecule has 6 nitrogen and oxygen atoms in total. The summed E-state index contributed by atoms with van der Waals surface area (Å²) in [6.07, 6.45) is -0.488. The van der Waals surface area contributed by atoms with Gasteiger partial charge in [-0.3, -0.25) is 0 Å². The highest BCUT2D eigenvalue weighted by atomic mass is 16.5. The molecule has 2 unspecified atom stereocenters. The van der Waals surface area contributed by atoms with Crippen LogP contribution >= 0.6 is 0 Å². The van der Waals surface area contributed by atoms with E-state index in [1.54, 1.807) is 0 Å². The van der Waals surface area contributed by atoms with Crippen LogP contribution in [0.4, 0.5) is 4.79 Å². The number of hydrogen-bond donors (Lipinski definition) is 3. The van der Waals surface area contributed by atoms with Crippen molar-refractivity contribution in [1.82, 2.24) is 5.32 Å². The van der Waals surface area contributed by atoms with Gasteiger partial charge in [0, 0.05) is 5.92 Å². The molecule has 0 heterocycles. The first-order chi connectivity index (χ1) is 13.5. The highest BCUT2D eigenvalue weighted by molar-refractivity contribution is 5.79. The van der Waals surface area contributed by atoms with E-state index in [9.17, 15) is 14.7 Å². The third kappa shape index (κ3) is 4.17. The van der Waals surface area contributed by atoms with E-state index in [-0.39, 0.29) is 12.5 Å². The zero-order chi connectivity index (χ0) is 20.1. The van der Waals surface area contributed by atoms with Crippen molar-refractivity contribution < 1.29 is 24.5 Å². The van der Waals surface area contributed by atoms with Crippen LogP contribution in [0.1, 0.15) is 43.2 Å². The van der Waals surface area contributed by atoms with Gasteiger partial charge in [0.1, 0.15) is 6.61 Å². The number of carboxylic acids is 1. The van der Waals surface area contributed by atoms with Crippen LogP contribution in [-0.4, -0.2) is 41.0 Å². The minimum Gasteiger partial charge on any atom is -0.479 e. The number of fused-ring (bicyclic) bond motifs is 3. The summed E-state index contributed by atoms with van der Waals surface area (Å²) in [7, 11) is 0. The first-order valence-corrected chi connectivity index (χ1v) is 9.55. The molecule has 0 spiro atoms. The van der Waals surface area contributed by atoms with Gasteiger partial charge < -0.3 is 20.3 Å². The maximum atomic E-state index is 12.3. The van der Waals surface area contributed by atoms with Gasteiger partial charge in [-0.1, -0.05) is 68.3 Å². The molecule has 2 aromatic rings. The highest BCUT2D eigenvalue weighted by Gasteiger charge is 2.30. The molecule has 0 saturated carbocycles. The Balaban J connectivity index is 1.68. The summed E-state index contributed by atoms with van der Waals surface area (Å²) < 4.78 is 5.43. The third-order valence-corrected chi connectivity index (χ3v) is 5.15. The van der Waals surface area contributed by atoms with Crippen LogP contribution in [0.3, 0.4) is 0 Å². The normalized spacial score (nSPS) is 14.6. The van der Waals surface area contributed by atoms with Gasteiger partial charge in [-0.15, -0.1) is 0 Å². The number of rotatable bonds is 8. The van der Waals surface area contributed by atoms with Gasteiger partial charge in [0.25, 0.3) is 0 Å². The fourth-order valence-corrected chi connectivity index (χ4v) is 3.70. The van der Waals surface area contributed by atoms with Crippen molar-refractivity contribution >= 4 is 12.1 Å². The van der Waals surface area contributed by atoms with Gasteiger partial charge >= 0.3 is 12.1 Å². The fraction of sp³-hybridized carbons (Fsp3) is 0.364. The summed E-state index contributed by atoms with van der Waals surface area (Å²) >= 11 is 0. The van der Waals surface area contributed by atoms with Crippen molar-refractivity contribution in [2.24, 2.45) is 0 Å². The highest BCUT2D eigenvalue weighted by Crippen LogP contribution is 2.44. The third-order valence-electron chi connectivity index (χ3n) is 5.15. The Bertz CT molecular complexity index is 805. The quantitative estimate of drug-likeness (QED) is 0.648. The molecule has 0 aromatic heterocycles. The van der Waals surface area contributed by atoms with Gasteiger partial charge in [-0.05, 0) is 28.7 Å². The second-order valence-electron chi connectivity index (χ2n) is 7.00. The van der Waals surface area contributed by atoms with Crippen molar-refractivity contribution in [3.8, 4) is 11.1 Å². The fourth-order valence-electron chi connectivity index (χ4n) is 3.70. The Hall–Kier alpha value is -2.86. The maximum Gasteiger partial charge on any atom is 0.407 e. The lowest BCUT2D eigenvalue weighted by Crippen LogP contribution is -2.47. The molecule has 28 heavy (non-hydrogen) atoms. The van der Waals surface area contributed by atoms with E-state index in [1.165, 1.54) is 0 Å². The molecule has 1 aliphatic carbocycles. The number of ether oxygens (including phenoxy) is 1. The van der Waals surface area contributed by atoms with Gasteiger partial charge in [0.2, 0.25) is 0 Å². The number of carboxylic acid groups (broad SMARTS) is 1. The molecular weight excluding hydrogens is 358 g/mol. The van der Waals surface area contributed by atoms with E-state index in [0.717, 1.165) is 28.7 Å². The van der Waals surface area contributed by atoms with Gasteiger partial charge in [0.05, 0.1) is 6.04 Å². The number of nitrogens with one attached hydrogen (secondary N) is 1. The Morgan fingerprint density at radius 2 is 1.64 bits per heavy atom. The molecule has 148 valence electrons. The molecule has 0 fully saturated rings. The summed E-state index contributed by atoms with van der Waals surface area (Å²) in [5, 5.41) is 21.4. The molecule has 1 amide bonds. The van der Waals surface area contributed by atoms with Crippen LogP contribution in [0.2, 0.25) is 0 Å². The number of benzene rings is 2. The largest absolute Gasteiger partial charge is 0.479 e. The molecule has 0 bridgehead atoms. The zero-order valence-electron chi connectivity index (χ0n) is 15.8. The minimum absolute atomic E-state index is 0.0726. The molecule has 0 aliphatic heterocycles. The van der Waals surface area contributed by atoms with Crippen LogP contribution in [0.15, 0.2) is 48.5 Å². The molecule has 0 radical (unpaired) electrons. The van der Waals surface area contributed by atoms with Crippen LogP contribution in [0.5, 0.6) is 0 Å². The Morgan fingerprint density at radius 1 is 1.07 bits per heavy atom. The number of unbranched alkanes of at least 4 members (excludes halogenated alkanes) is 1. The Kier molecular flexibility index (Phi) is 6.31. The molecule has 0 saturated heterocycles. The lowest BCUT2D eigenvalue weighted by Gasteiger charge is -2.22. The first-order valence-electron chi connectivity index (χ1n) is 9.55. The van der Waals surface area contributed by atoms with Crippen LogP contribution in [-0.2, 0) is 9.53 Å². The number of carbonyl (C=O) groups is 2. The van der Waals surface area contributed by atoms with Crippen molar-refractivity contribution in [2.45, 2.75) is 44.2 Å². The smallest absolute Gasteiger partial charge is 0.407 e. The van der Waals surface area contributed by atoms with Gasteiger partial charge in [-0.25, -0.2) is 9.59 Å². The average molecular weight is 383 g/mol. The van der Waals surface area contributed by atoms with Crippen molar-refractivity contribution in [2.75, 3.05) is 6.61 Å². The van der Waals surface area contributed by atoms with Gasteiger partial charge in [0.15, 0.2) is 6.10 Å². The summed E-state index contributed by atoms with van der Waals surface area (Å²) in [5.41, 5.74) is 4.47. The molecule has 3 N–H and O–H groups in total. The van der Waals surface area contributed by atoms with Crippen molar-refractivity contribution in [1.29, 1.82) is 0 Å². The topological polar surface area (TPSA) is 95.9 Å². The standard InChI is InChI=1S/C22H25NO5/c1-2-3-12-19(20(24)21(25)26)23-22(27)28-13-18-16-10-6-4-8-14(16)15-9-5-7-11-17(15)18/h4-11,18-20,24H,2-3,12-13H2,1H3,(H,23,27)(H,25,26). The minimum atomic E-state index is -1.66. The monoisotopic (exact) mass is 383 g/mol. The molecule has 1 aliphatic rings. The van der Waals surface area contributed by atoms with E-state index in [4.69, 9.17) is 9.84 Å². The van der Waals surface area contributed by atoms with E-state index in [2.05, 4.69) is 17.4 Å². The van der Waals surface area contributed by atoms with Gasteiger partial charge in [-0.2, -0.15) is 0 Å². The SMILES string of the molecule is CCCCC(NC(=O)OCC1c2ccccc2-c2ccccc21)C(O)C(=O)O. The first kappa shape index (κ1) is 19.9. The summed E-state index contributed by atoms with van der Waals surface area (Å²) in [5.74, 6) is -1.43. The van der Waals surface area contributed by atoms with Crippen molar-refractivity contribution in [3.05, 3.63) is 59.7 Å². The Labute approximate surface area is 164 Å². The number of aliphatic carboxylic acids is 1. The number of carbonyl (C=O) groups excluding carboxylic acids is 1. The molecular formula is C22H25NO5. The van der Waals surface area contributed by atoms with E-state index in [0.29, 0.717) is 12.8 Å². The van der Waals surface area contributed by atoms with Crippen molar-refractivity contribution in [3.63, 3.8) is 0 Å². The van der Waals surface area contributed by atoms with E-state index in [1.807, 2.05) is 43.3 Å². The number of alkyl carbamates (subject to hydrolysis) is 1.